The fraction of sp³-hybridized carbons (Fsp3) is 0.304. The van der Waals surface area contributed by atoms with E-state index in [0.29, 0.717) is 38.7 Å². The number of ether oxygens (including phenoxy) is 2. The number of thiazole rings is 1. The summed E-state index contributed by atoms with van der Waals surface area (Å²) in [6.07, 6.45) is 1.76. The number of amides is 1. The Morgan fingerprint density at radius 3 is 2.76 bits per heavy atom. The van der Waals surface area contributed by atoms with E-state index in [1.54, 1.807) is 24.4 Å². The smallest absolute Gasteiger partial charge is 0.257 e. The van der Waals surface area contributed by atoms with Crippen molar-refractivity contribution in [2.24, 2.45) is 0 Å². The van der Waals surface area contributed by atoms with Crippen molar-refractivity contribution in [3.05, 3.63) is 52.6 Å². The number of aromatic nitrogens is 1. The van der Waals surface area contributed by atoms with Crippen LogP contribution in [0.5, 0.6) is 5.75 Å². The number of carbonyl (C=O) groups is 1. The number of hydrogen-bond acceptors (Lipinski definition) is 6. The van der Waals surface area contributed by atoms with E-state index in [2.05, 4.69) is 15.2 Å². The lowest BCUT2D eigenvalue weighted by atomic mass is 10.2. The van der Waals surface area contributed by atoms with Crippen LogP contribution in [0.4, 0.5) is 5.69 Å². The van der Waals surface area contributed by atoms with E-state index < -0.39 is 10.7 Å². The zero-order chi connectivity index (χ0) is 24.1. The molecule has 0 aliphatic carbocycles. The third-order valence-electron chi connectivity index (χ3n) is 5.12. The van der Waals surface area contributed by atoms with Gasteiger partial charge in [0, 0.05) is 36.5 Å². The van der Waals surface area contributed by atoms with Crippen molar-refractivity contribution in [1.82, 2.24) is 9.88 Å². The molecular weight excluding hydrogens is 540 g/mol. The minimum atomic E-state index is -1.15. The summed E-state index contributed by atoms with van der Waals surface area (Å²) in [5, 5.41) is 4.34. The molecule has 1 aliphatic heterocycles. The number of hydrogen-bond donors (Lipinski definition) is 1. The molecule has 34 heavy (non-hydrogen) atoms. The Bertz CT molecular complexity index is 1150. The van der Waals surface area contributed by atoms with E-state index in [4.69, 9.17) is 55.9 Å². The van der Waals surface area contributed by atoms with Gasteiger partial charge in [-0.05, 0) is 29.8 Å². The van der Waals surface area contributed by atoms with Crippen molar-refractivity contribution in [2.45, 2.75) is 4.84 Å². The Labute approximate surface area is 221 Å². The number of anilines is 1. The first kappa shape index (κ1) is 25.5. The number of halogens is 4. The zero-order valence-electron chi connectivity index (χ0n) is 17.9. The van der Waals surface area contributed by atoms with Crippen LogP contribution < -0.4 is 10.1 Å². The number of rotatable bonds is 8. The molecule has 1 aliphatic rings. The van der Waals surface area contributed by atoms with Gasteiger partial charge in [0.2, 0.25) is 0 Å². The summed E-state index contributed by atoms with van der Waals surface area (Å²) in [5.41, 5.74) is 2.16. The summed E-state index contributed by atoms with van der Waals surface area (Å²) in [7, 11) is 0. The summed E-state index contributed by atoms with van der Waals surface area (Å²) in [4.78, 5) is 18.4. The van der Waals surface area contributed by atoms with Crippen molar-refractivity contribution >= 4 is 69.3 Å². The highest BCUT2D eigenvalue weighted by Gasteiger charge is 2.18. The van der Waals surface area contributed by atoms with Gasteiger partial charge in [0.1, 0.15) is 17.4 Å². The van der Waals surface area contributed by atoms with Crippen LogP contribution >= 0.6 is 57.7 Å². The molecule has 1 aromatic heterocycles. The molecule has 1 saturated heterocycles. The van der Waals surface area contributed by atoms with Crippen LogP contribution in [0.2, 0.25) is 10.0 Å². The molecule has 2 aromatic carbocycles. The predicted molar refractivity (Wildman–Crippen MR) is 140 cm³/mol. The molecule has 0 unspecified atom stereocenters. The molecule has 2 heterocycles. The number of carbonyl (C=O) groups excluding carboxylic acids is 1. The van der Waals surface area contributed by atoms with Gasteiger partial charge in [-0.1, -0.05) is 58.5 Å². The molecule has 0 bridgehead atoms. The summed E-state index contributed by atoms with van der Waals surface area (Å²) >= 11 is 25.5. The van der Waals surface area contributed by atoms with E-state index in [-0.39, 0.29) is 0 Å². The van der Waals surface area contributed by atoms with Gasteiger partial charge in [-0.15, -0.1) is 11.3 Å². The van der Waals surface area contributed by atoms with E-state index >= 15 is 0 Å². The highest BCUT2D eigenvalue weighted by atomic mass is 35.5. The molecule has 0 spiro atoms. The number of nitrogens with zero attached hydrogens (tertiary/aromatic N) is 2. The maximum Gasteiger partial charge on any atom is 0.257 e. The van der Waals surface area contributed by atoms with Crippen LogP contribution in [-0.4, -0.2) is 60.1 Å². The molecule has 180 valence electrons. The Hall–Kier alpha value is -1.58. The number of alkyl halides is 2. The van der Waals surface area contributed by atoms with Gasteiger partial charge < -0.3 is 14.8 Å². The zero-order valence-corrected chi connectivity index (χ0v) is 21.7. The summed E-state index contributed by atoms with van der Waals surface area (Å²) < 4.78 is 11.5. The lowest BCUT2D eigenvalue weighted by Gasteiger charge is -2.26. The van der Waals surface area contributed by atoms with Crippen molar-refractivity contribution in [1.29, 1.82) is 0 Å². The van der Waals surface area contributed by atoms with E-state index in [1.807, 2.05) is 18.2 Å². The minimum absolute atomic E-state index is 0.464. The molecule has 4 rings (SSSR count). The fourth-order valence-corrected chi connectivity index (χ4v) is 5.16. The van der Waals surface area contributed by atoms with Gasteiger partial charge in [0.15, 0.2) is 4.84 Å². The number of benzene rings is 2. The fourth-order valence-electron chi connectivity index (χ4n) is 3.45. The molecule has 6 nitrogen and oxygen atoms in total. The van der Waals surface area contributed by atoms with Crippen LogP contribution in [0, 0.1) is 0 Å². The maximum absolute atomic E-state index is 11.8. The van der Waals surface area contributed by atoms with Crippen molar-refractivity contribution < 1.29 is 14.3 Å². The van der Waals surface area contributed by atoms with Crippen molar-refractivity contribution in [2.75, 3.05) is 44.8 Å². The molecule has 1 fully saturated rings. The van der Waals surface area contributed by atoms with Gasteiger partial charge in [0.05, 0.1) is 28.7 Å². The average Bonchev–Trinajstić information content (AvgIpc) is 3.29. The Morgan fingerprint density at radius 1 is 1.21 bits per heavy atom. The van der Waals surface area contributed by atoms with Crippen LogP contribution in [-0.2, 0) is 9.53 Å². The van der Waals surface area contributed by atoms with Gasteiger partial charge >= 0.3 is 0 Å². The van der Waals surface area contributed by atoms with Crippen LogP contribution in [0.15, 0.2) is 42.6 Å². The Kier molecular flexibility index (Phi) is 8.93. The van der Waals surface area contributed by atoms with E-state index in [9.17, 15) is 4.79 Å². The quantitative estimate of drug-likeness (QED) is 0.330. The highest BCUT2D eigenvalue weighted by Crippen LogP contribution is 2.42. The summed E-state index contributed by atoms with van der Waals surface area (Å²) in [5.74, 6) is 0.0974. The highest BCUT2D eigenvalue weighted by molar-refractivity contribution is 7.18. The number of nitrogens with one attached hydrogen (secondary N) is 1. The topological polar surface area (TPSA) is 63.7 Å². The first-order chi connectivity index (χ1) is 16.4. The predicted octanol–water partition coefficient (Wildman–Crippen LogP) is 6.24. The molecule has 11 heteroatoms. The summed E-state index contributed by atoms with van der Waals surface area (Å²) in [6.45, 7) is 4.52. The van der Waals surface area contributed by atoms with Crippen LogP contribution in [0.25, 0.3) is 21.0 Å². The molecule has 0 atom stereocenters. The molecule has 3 aromatic rings. The second-order valence-corrected chi connectivity index (χ2v) is 10.4. The summed E-state index contributed by atoms with van der Waals surface area (Å²) in [6, 6.07) is 10.8. The van der Waals surface area contributed by atoms with Gasteiger partial charge in [-0.25, -0.2) is 4.98 Å². The van der Waals surface area contributed by atoms with Crippen LogP contribution in [0.3, 0.4) is 0 Å². The van der Waals surface area contributed by atoms with Gasteiger partial charge in [0.25, 0.3) is 5.91 Å². The Balaban J connectivity index is 1.54. The first-order valence-electron chi connectivity index (χ1n) is 10.5. The van der Waals surface area contributed by atoms with Crippen LogP contribution in [0.1, 0.15) is 0 Å². The SMILES string of the molecule is O=C(Nc1cccc(-c2cnc(-c3c(Cl)cc(Cl)cc3OCCN3CCOCC3)s2)c1)C(Cl)Cl. The molecular formula is C23H21Cl4N3O3S. The Morgan fingerprint density at radius 2 is 2.00 bits per heavy atom. The molecule has 0 radical (unpaired) electrons. The third kappa shape index (κ3) is 6.55. The molecule has 0 saturated carbocycles. The maximum atomic E-state index is 11.8. The standard InChI is InChI=1S/C23H21Cl4N3O3S/c24-15-11-17(25)20(18(12-15)33-9-6-30-4-7-32-8-5-30)23-28-13-19(34-23)14-2-1-3-16(10-14)29-22(31)21(26)27/h1-3,10-13,21H,4-9H2,(H,29,31). The van der Waals surface area contributed by atoms with Crippen molar-refractivity contribution in [3.8, 4) is 26.8 Å². The monoisotopic (exact) mass is 559 g/mol. The lowest BCUT2D eigenvalue weighted by molar-refractivity contribution is -0.114. The number of morpholine rings is 1. The van der Waals surface area contributed by atoms with E-state index in [0.717, 1.165) is 43.3 Å². The van der Waals surface area contributed by atoms with Crippen molar-refractivity contribution in [3.63, 3.8) is 0 Å². The van der Waals surface area contributed by atoms with E-state index in [1.165, 1.54) is 11.3 Å². The first-order valence-corrected chi connectivity index (χ1v) is 12.9. The second-order valence-electron chi connectivity index (χ2n) is 7.46. The molecule has 1 amide bonds. The lowest BCUT2D eigenvalue weighted by Crippen LogP contribution is -2.38. The molecule has 1 N–H and O–H groups in total. The largest absolute Gasteiger partial charge is 0.491 e. The third-order valence-corrected chi connectivity index (χ3v) is 7.10. The normalized spacial score (nSPS) is 14.4. The minimum Gasteiger partial charge on any atom is -0.491 e. The van der Waals surface area contributed by atoms with Gasteiger partial charge in [-0.2, -0.15) is 0 Å². The van der Waals surface area contributed by atoms with Gasteiger partial charge in [-0.3, -0.25) is 9.69 Å². The average molecular weight is 561 g/mol. The second kappa shape index (κ2) is 11.9.